The Bertz CT molecular complexity index is 1330. The van der Waals surface area contributed by atoms with Gasteiger partial charge in [0.25, 0.3) is 5.91 Å². The predicted molar refractivity (Wildman–Crippen MR) is 127 cm³/mol. The number of hydrogen-bond acceptors (Lipinski definition) is 6. The van der Waals surface area contributed by atoms with Crippen LogP contribution in [-0.2, 0) is 13.1 Å². The quantitative estimate of drug-likeness (QED) is 0.390. The summed E-state index contributed by atoms with van der Waals surface area (Å²) in [5.41, 5.74) is 10.5. The Kier molecular flexibility index (Phi) is 5.73. The molecule has 0 fully saturated rings. The molecule has 3 N–H and O–H groups in total. The minimum atomic E-state index is -0.271. The lowest BCUT2D eigenvalue weighted by atomic mass is 10.2. The molecule has 2 aromatic heterocycles. The summed E-state index contributed by atoms with van der Waals surface area (Å²) in [6, 6.07) is 13.3. The third-order valence-corrected chi connectivity index (χ3v) is 5.94. The van der Waals surface area contributed by atoms with E-state index in [1.165, 1.54) is 0 Å². The van der Waals surface area contributed by atoms with Crippen LogP contribution in [0.1, 0.15) is 48.5 Å². The number of ether oxygens (including phenoxy) is 2. The lowest BCUT2D eigenvalue weighted by Gasteiger charge is -2.08. The number of nitrogens with zero attached hydrogens (tertiary/aromatic N) is 3. The maximum Gasteiger partial charge on any atom is 0.257 e. The fourth-order valence-corrected chi connectivity index (χ4v) is 4.19. The van der Waals surface area contributed by atoms with Gasteiger partial charge in [-0.1, -0.05) is 44.4 Å². The smallest absolute Gasteiger partial charge is 0.257 e. The molecule has 4 aromatic rings. The average molecular weight is 446 g/mol. The number of nitrogen functional groups attached to an aromatic ring is 1. The number of aromatic nitrogens is 3. The molecule has 1 aliphatic rings. The number of fused-ring (bicyclic) bond motifs is 3. The summed E-state index contributed by atoms with van der Waals surface area (Å²) >= 11 is 0. The lowest BCUT2D eigenvalue weighted by Crippen LogP contribution is -2.24. The number of anilines is 1. The second-order valence-electron chi connectivity index (χ2n) is 8.23. The Morgan fingerprint density at radius 2 is 1.85 bits per heavy atom. The standard InChI is InChI=1S/C25H27N5O3/c1-2-3-4-7-12-30-23(26)21(22-24(30)29-18-9-6-5-8-17(18)28-22)25(31)27-14-16-10-11-19-20(13-16)33-15-32-19/h5-6,8-11,13H,2-4,7,12,14-15,26H2,1H3,(H,27,31). The fourth-order valence-electron chi connectivity index (χ4n) is 4.19. The first-order valence-corrected chi connectivity index (χ1v) is 11.4. The molecule has 8 heteroatoms. The van der Waals surface area contributed by atoms with Crippen molar-refractivity contribution in [1.82, 2.24) is 19.9 Å². The van der Waals surface area contributed by atoms with Crippen LogP contribution in [0.4, 0.5) is 5.82 Å². The average Bonchev–Trinajstić information content (AvgIpc) is 3.40. The Labute approximate surface area is 191 Å². The molecule has 1 amide bonds. The predicted octanol–water partition coefficient (Wildman–Crippen LogP) is 4.41. The molecule has 2 aromatic carbocycles. The number of benzene rings is 2. The van der Waals surface area contributed by atoms with Crippen LogP contribution in [0.2, 0.25) is 0 Å². The molecular weight excluding hydrogens is 418 g/mol. The first kappa shape index (κ1) is 21.1. The summed E-state index contributed by atoms with van der Waals surface area (Å²) < 4.78 is 12.7. The summed E-state index contributed by atoms with van der Waals surface area (Å²) in [6.45, 7) is 3.43. The Hall–Kier alpha value is -3.81. The Morgan fingerprint density at radius 1 is 1.06 bits per heavy atom. The number of hydrogen-bond donors (Lipinski definition) is 2. The number of unbranched alkanes of at least 4 members (excludes halogenated alkanes) is 3. The summed E-state index contributed by atoms with van der Waals surface area (Å²) in [5.74, 6) is 1.52. The number of nitrogens with two attached hydrogens (primary N) is 1. The van der Waals surface area contributed by atoms with Crippen LogP contribution in [0.25, 0.3) is 22.2 Å². The zero-order valence-electron chi connectivity index (χ0n) is 18.6. The number of amides is 1. The second kappa shape index (κ2) is 8.97. The maximum atomic E-state index is 13.3. The summed E-state index contributed by atoms with van der Waals surface area (Å²) in [7, 11) is 0. The van der Waals surface area contributed by atoms with Crippen molar-refractivity contribution < 1.29 is 14.3 Å². The van der Waals surface area contributed by atoms with Crippen molar-refractivity contribution in [3.63, 3.8) is 0 Å². The zero-order valence-corrected chi connectivity index (χ0v) is 18.6. The zero-order chi connectivity index (χ0) is 22.8. The number of carbonyl (C=O) groups is 1. The first-order valence-electron chi connectivity index (χ1n) is 11.4. The van der Waals surface area contributed by atoms with Gasteiger partial charge >= 0.3 is 0 Å². The molecule has 3 heterocycles. The summed E-state index contributed by atoms with van der Waals surface area (Å²) in [4.78, 5) is 22.9. The lowest BCUT2D eigenvalue weighted by molar-refractivity contribution is 0.0953. The topological polar surface area (TPSA) is 104 Å². The first-order chi connectivity index (χ1) is 16.2. The maximum absolute atomic E-state index is 13.3. The number of rotatable bonds is 8. The number of carbonyl (C=O) groups excluding carboxylic acids is 1. The van der Waals surface area contributed by atoms with Gasteiger partial charge < -0.3 is 25.1 Å². The monoisotopic (exact) mass is 445 g/mol. The van der Waals surface area contributed by atoms with E-state index in [0.717, 1.165) is 42.3 Å². The third-order valence-electron chi connectivity index (χ3n) is 5.94. The van der Waals surface area contributed by atoms with E-state index in [0.29, 0.717) is 47.1 Å². The minimum absolute atomic E-state index is 0.214. The van der Waals surface area contributed by atoms with Crippen molar-refractivity contribution in [2.45, 2.75) is 45.7 Å². The molecule has 8 nitrogen and oxygen atoms in total. The van der Waals surface area contributed by atoms with Crippen LogP contribution in [0.3, 0.4) is 0 Å². The molecule has 0 aliphatic carbocycles. The molecule has 0 saturated heterocycles. The highest BCUT2D eigenvalue weighted by molar-refractivity contribution is 6.10. The van der Waals surface area contributed by atoms with Crippen LogP contribution >= 0.6 is 0 Å². The molecule has 0 spiro atoms. The summed E-state index contributed by atoms with van der Waals surface area (Å²) in [5, 5.41) is 2.98. The van der Waals surface area contributed by atoms with E-state index < -0.39 is 0 Å². The fraction of sp³-hybridized carbons (Fsp3) is 0.320. The molecule has 0 bridgehead atoms. The van der Waals surface area contributed by atoms with E-state index in [-0.39, 0.29) is 12.7 Å². The molecule has 0 radical (unpaired) electrons. The molecule has 0 atom stereocenters. The van der Waals surface area contributed by atoms with E-state index in [4.69, 9.17) is 25.2 Å². The highest BCUT2D eigenvalue weighted by atomic mass is 16.7. The number of para-hydroxylation sites is 2. The largest absolute Gasteiger partial charge is 0.454 e. The van der Waals surface area contributed by atoms with Crippen molar-refractivity contribution in [2.24, 2.45) is 0 Å². The van der Waals surface area contributed by atoms with E-state index in [9.17, 15) is 4.79 Å². The third kappa shape index (κ3) is 4.04. The van der Waals surface area contributed by atoms with Gasteiger partial charge in [0.1, 0.15) is 16.9 Å². The van der Waals surface area contributed by atoms with Crippen molar-refractivity contribution in [3.05, 3.63) is 53.6 Å². The van der Waals surface area contributed by atoms with Gasteiger partial charge in [0.05, 0.1) is 11.0 Å². The van der Waals surface area contributed by atoms with Gasteiger partial charge in [-0.3, -0.25) is 4.79 Å². The summed E-state index contributed by atoms with van der Waals surface area (Å²) in [6.07, 6.45) is 4.38. The van der Waals surface area contributed by atoms with Gasteiger partial charge in [0.15, 0.2) is 17.1 Å². The van der Waals surface area contributed by atoms with Crippen molar-refractivity contribution in [2.75, 3.05) is 12.5 Å². The molecule has 33 heavy (non-hydrogen) atoms. The van der Waals surface area contributed by atoms with Gasteiger partial charge in [-0.15, -0.1) is 0 Å². The molecule has 1 aliphatic heterocycles. The molecule has 5 rings (SSSR count). The van der Waals surface area contributed by atoms with Crippen molar-refractivity contribution >= 4 is 33.9 Å². The van der Waals surface area contributed by atoms with E-state index >= 15 is 0 Å². The molecule has 0 saturated carbocycles. The SMILES string of the molecule is CCCCCCn1c(N)c(C(=O)NCc2ccc3c(c2)OCO3)c2nc3ccccc3nc21. The normalized spacial score (nSPS) is 12.5. The Balaban J connectivity index is 1.47. The van der Waals surface area contributed by atoms with Crippen LogP contribution in [0.5, 0.6) is 11.5 Å². The Morgan fingerprint density at radius 3 is 2.67 bits per heavy atom. The second-order valence-corrected chi connectivity index (χ2v) is 8.23. The van der Waals surface area contributed by atoms with E-state index in [1.807, 2.05) is 47.0 Å². The van der Waals surface area contributed by atoms with Crippen LogP contribution < -0.4 is 20.5 Å². The van der Waals surface area contributed by atoms with Gasteiger partial charge in [-0.25, -0.2) is 9.97 Å². The van der Waals surface area contributed by atoms with Crippen LogP contribution in [0, 0.1) is 0 Å². The van der Waals surface area contributed by atoms with Crippen LogP contribution in [0.15, 0.2) is 42.5 Å². The van der Waals surface area contributed by atoms with Gasteiger partial charge in [0.2, 0.25) is 6.79 Å². The van der Waals surface area contributed by atoms with Gasteiger partial charge in [-0.2, -0.15) is 0 Å². The molecule has 170 valence electrons. The van der Waals surface area contributed by atoms with Gasteiger partial charge in [-0.05, 0) is 36.2 Å². The minimum Gasteiger partial charge on any atom is -0.454 e. The van der Waals surface area contributed by atoms with Crippen molar-refractivity contribution in [1.29, 1.82) is 0 Å². The van der Waals surface area contributed by atoms with E-state index in [2.05, 4.69) is 12.2 Å². The van der Waals surface area contributed by atoms with Crippen LogP contribution in [-0.4, -0.2) is 27.2 Å². The molecule has 0 unspecified atom stereocenters. The highest BCUT2D eigenvalue weighted by Gasteiger charge is 2.24. The van der Waals surface area contributed by atoms with E-state index in [1.54, 1.807) is 0 Å². The van der Waals surface area contributed by atoms with Crippen molar-refractivity contribution in [3.8, 4) is 11.5 Å². The number of aryl methyl sites for hydroxylation is 1. The van der Waals surface area contributed by atoms with Gasteiger partial charge in [0, 0.05) is 13.1 Å². The number of nitrogens with one attached hydrogen (secondary N) is 1. The molecular formula is C25H27N5O3. The highest BCUT2D eigenvalue weighted by Crippen LogP contribution is 2.33.